The summed E-state index contributed by atoms with van der Waals surface area (Å²) in [7, 11) is 0. The molecule has 0 aromatic heterocycles. The Morgan fingerprint density at radius 2 is 1.62 bits per heavy atom. The van der Waals surface area contributed by atoms with Gasteiger partial charge in [-0.1, -0.05) is 25.6 Å². The summed E-state index contributed by atoms with van der Waals surface area (Å²) in [4.78, 5) is 23.0. The zero-order valence-electron chi connectivity index (χ0n) is 14.8. The van der Waals surface area contributed by atoms with Crippen molar-refractivity contribution in [3.63, 3.8) is 0 Å². The smallest absolute Gasteiger partial charge is 0.343 e. The Balaban J connectivity index is 1.79. The molecule has 2 aromatic carbocycles. The normalized spacial score (nSPS) is 10.0. The van der Waals surface area contributed by atoms with Gasteiger partial charge in [0.1, 0.15) is 11.5 Å². The van der Waals surface area contributed by atoms with Crippen LogP contribution >= 0.6 is 0 Å². The number of hydrogen-bond donors (Lipinski definition) is 0. The summed E-state index contributed by atoms with van der Waals surface area (Å²) in [5.74, 6) is 0.278. The molecule has 0 spiro atoms. The fraction of sp³-hybridized carbons (Fsp3) is 0.238. The summed E-state index contributed by atoms with van der Waals surface area (Å²) in [6, 6.07) is 14.1. The molecule has 0 heterocycles. The molecule has 5 heteroatoms. The number of rotatable bonds is 9. The first-order valence-corrected chi connectivity index (χ1v) is 8.45. The lowest BCUT2D eigenvalue weighted by Gasteiger charge is -2.08. The number of ether oxygens (including phenoxy) is 3. The SMILES string of the molecule is C=CC(=O)OCCCOc1ccc(C(=O)Oc2ccc(CC)cc2)cc1. The molecule has 0 unspecified atom stereocenters. The van der Waals surface area contributed by atoms with Gasteiger partial charge in [0.25, 0.3) is 0 Å². The van der Waals surface area contributed by atoms with E-state index in [2.05, 4.69) is 13.5 Å². The number of esters is 2. The van der Waals surface area contributed by atoms with Crippen LogP contribution in [-0.2, 0) is 16.0 Å². The molecule has 0 N–H and O–H groups in total. The first kappa shape index (κ1) is 19.2. The largest absolute Gasteiger partial charge is 0.493 e. The number of carbonyl (C=O) groups excluding carboxylic acids is 2. The summed E-state index contributed by atoms with van der Waals surface area (Å²) in [6.45, 7) is 6.06. The van der Waals surface area contributed by atoms with E-state index >= 15 is 0 Å². The Morgan fingerprint density at radius 3 is 2.23 bits per heavy atom. The number of hydrogen-bond acceptors (Lipinski definition) is 5. The van der Waals surface area contributed by atoms with Gasteiger partial charge < -0.3 is 14.2 Å². The van der Waals surface area contributed by atoms with Gasteiger partial charge in [0.15, 0.2) is 0 Å². The first-order valence-electron chi connectivity index (χ1n) is 8.45. The van der Waals surface area contributed by atoms with Crippen molar-refractivity contribution < 1.29 is 23.8 Å². The van der Waals surface area contributed by atoms with Crippen LogP contribution in [0.1, 0.15) is 29.3 Å². The maximum atomic E-state index is 12.2. The third-order valence-corrected chi connectivity index (χ3v) is 3.60. The predicted octanol–water partition coefficient (Wildman–Crippen LogP) is 3.97. The molecule has 0 bridgehead atoms. The molecule has 0 fully saturated rings. The van der Waals surface area contributed by atoms with E-state index in [9.17, 15) is 9.59 Å². The van der Waals surface area contributed by atoms with E-state index in [0.717, 1.165) is 12.5 Å². The summed E-state index contributed by atoms with van der Waals surface area (Å²) in [5, 5.41) is 0. The average molecular weight is 354 g/mol. The molecule has 5 nitrogen and oxygen atoms in total. The van der Waals surface area contributed by atoms with Crippen LogP contribution in [0, 0.1) is 0 Å². The number of benzene rings is 2. The van der Waals surface area contributed by atoms with Crippen molar-refractivity contribution in [3.05, 3.63) is 72.3 Å². The third kappa shape index (κ3) is 6.09. The highest BCUT2D eigenvalue weighted by molar-refractivity contribution is 5.91. The van der Waals surface area contributed by atoms with Crippen molar-refractivity contribution in [2.24, 2.45) is 0 Å². The maximum Gasteiger partial charge on any atom is 0.343 e. The van der Waals surface area contributed by atoms with Gasteiger partial charge in [0.2, 0.25) is 0 Å². The fourth-order valence-electron chi connectivity index (χ4n) is 2.13. The van der Waals surface area contributed by atoms with E-state index in [-0.39, 0.29) is 6.61 Å². The lowest BCUT2D eigenvalue weighted by atomic mass is 10.2. The topological polar surface area (TPSA) is 61.8 Å². The molecule has 2 rings (SSSR count). The van der Waals surface area contributed by atoms with Crippen molar-refractivity contribution in [3.8, 4) is 11.5 Å². The summed E-state index contributed by atoms with van der Waals surface area (Å²) < 4.78 is 15.7. The molecule has 26 heavy (non-hydrogen) atoms. The van der Waals surface area contributed by atoms with Crippen molar-refractivity contribution in [1.29, 1.82) is 0 Å². The summed E-state index contributed by atoms with van der Waals surface area (Å²) >= 11 is 0. The molecule has 0 atom stereocenters. The van der Waals surface area contributed by atoms with Crippen LogP contribution < -0.4 is 9.47 Å². The minimum atomic E-state index is -0.447. The summed E-state index contributed by atoms with van der Waals surface area (Å²) in [6.07, 6.45) is 2.63. The van der Waals surface area contributed by atoms with Crippen LogP contribution in [-0.4, -0.2) is 25.2 Å². The van der Waals surface area contributed by atoms with Crippen LogP contribution in [0.5, 0.6) is 11.5 Å². The van der Waals surface area contributed by atoms with E-state index in [1.165, 1.54) is 5.56 Å². The molecule has 0 aliphatic rings. The molecule has 0 saturated heterocycles. The molecular weight excluding hydrogens is 332 g/mol. The molecule has 0 radical (unpaired) electrons. The van der Waals surface area contributed by atoms with Gasteiger partial charge in [0, 0.05) is 12.5 Å². The minimum Gasteiger partial charge on any atom is -0.493 e. The minimum absolute atomic E-state index is 0.270. The molecule has 0 amide bonds. The second-order valence-corrected chi connectivity index (χ2v) is 5.49. The van der Waals surface area contributed by atoms with E-state index in [1.807, 2.05) is 12.1 Å². The van der Waals surface area contributed by atoms with Gasteiger partial charge in [0.05, 0.1) is 18.8 Å². The van der Waals surface area contributed by atoms with Crippen molar-refractivity contribution in [2.75, 3.05) is 13.2 Å². The lowest BCUT2D eigenvalue weighted by Crippen LogP contribution is -2.09. The highest BCUT2D eigenvalue weighted by atomic mass is 16.5. The van der Waals surface area contributed by atoms with Gasteiger partial charge in [-0.25, -0.2) is 9.59 Å². The predicted molar refractivity (Wildman–Crippen MR) is 98.5 cm³/mol. The Morgan fingerprint density at radius 1 is 0.962 bits per heavy atom. The first-order chi connectivity index (χ1) is 12.6. The van der Waals surface area contributed by atoms with E-state index < -0.39 is 11.9 Å². The van der Waals surface area contributed by atoms with E-state index in [0.29, 0.717) is 30.1 Å². The van der Waals surface area contributed by atoms with Crippen LogP contribution in [0.25, 0.3) is 0 Å². The Hall–Kier alpha value is -3.08. The van der Waals surface area contributed by atoms with Gasteiger partial charge in [-0.15, -0.1) is 0 Å². The Kier molecular flexibility index (Phi) is 7.43. The Bertz CT molecular complexity index is 732. The molecule has 0 aliphatic carbocycles. The average Bonchev–Trinajstić information content (AvgIpc) is 2.68. The zero-order chi connectivity index (χ0) is 18.8. The quantitative estimate of drug-likeness (QED) is 0.295. The second-order valence-electron chi connectivity index (χ2n) is 5.49. The van der Waals surface area contributed by atoms with Gasteiger partial charge in [-0.05, 0) is 48.4 Å². The highest BCUT2D eigenvalue weighted by Gasteiger charge is 2.09. The zero-order valence-corrected chi connectivity index (χ0v) is 14.8. The molecule has 136 valence electrons. The fourth-order valence-corrected chi connectivity index (χ4v) is 2.13. The van der Waals surface area contributed by atoms with Crippen molar-refractivity contribution >= 4 is 11.9 Å². The van der Waals surface area contributed by atoms with Crippen LogP contribution in [0.15, 0.2) is 61.2 Å². The van der Waals surface area contributed by atoms with Gasteiger partial charge in [-0.2, -0.15) is 0 Å². The van der Waals surface area contributed by atoms with Crippen LogP contribution in [0.4, 0.5) is 0 Å². The summed E-state index contributed by atoms with van der Waals surface area (Å²) in [5.41, 5.74) is 1.63. The van der Waals surface area contributed by atoms with Crippen molar-refractivity contribution in [2.45, 2.75) is 19.8 Å². The molecular formula is C21H22O5. The van der Waals surface area contributed by atoms with E-state index in [1.54, 1.807) is 36.4 Å². The highest BCUT2D eigenvalue weighted by Crippen LogP contribution is 2.17. The van der Waals surface area contributed by atoms with Gasteiger partial charge >= 0.3 is 11.9 Å². The number of aryl methyl sites for hydroxylation is 1. The van der Waals surface area contributed by atoms with Gasteiger partial charge in [-0.3, -0.25) is 0 Å². The number of carbonyl (C=O) groups is 2. The van der Waals surface area contributed by atoms with E-state index in [4.69, 9.17) is 14.2 Å². The molecule has 2 aromatic rings. The van der Waals surface area contributed by atoms with Crippen LogP contribution in [0.3, 0.4) is 0 Å². The van der Waals surface area contributed by atoms with Crippen LogP contribution in [0.2, 0.25) is 0 Å². The standard InChI is InChI=1S/C21H22O5/c1-3-16-6-10-19(11-7-16)26-21(23)17-8-12-18(13-9-17)24-14-5-15-25-20(22)4-2/h4,6-13H,2-3,5,14-15H2,1H3. The van der Waals surface area contributed by atoms with Crippen molar-refractivity contribution in [1.82, 2.24) is 0 Å². The monoisotopic (exact) mass is 354 g/mol. The Labute approximate surface area is 153 Å². The second kappa shape index (κ2) is 10.0. The lowest BCUT2D eigenvalue weighted by molar-refractivity contribution is -0.137. The third-order valence-electron chi connectivity index (χ3n) is 3.60. The molecule has 0 aliphatic heterocycles. The maximum absolute atomic E-state index is 12.2. The molecule has 0 saturated carbocycles.